The second kappa shape index (κ2) is 3.73. The number of hydrogen-bond acceptors (Lipinski definition) is 1. The maximum Gasteiger partial charge on any atom is 0.170 e. The van der Waals surface area contributed by atoms with E-state index in [0.717, 1.165) is 16.5 Å². The highest BCUT2D eigenvalue weighted by atomic mass is 16.1. The van der Waals surface area contributed by atoms with Crippen LogP contribution < -0.4 is 0 Å². The minimum atomic E-state index is -0.334. The molecule has 0 unspecified atom stereocenters. The molecular formula is C15H19NO. The van der Waals surface area contributed by atoms with Gasteiger partial charge in [-0.2, -0.15) is 0 Å². The molecule has 0 amide bonds. The monoisotopic (exact) mass is 229 g/mol. The smallest absolute Gasteiger partial charge is 0.170 e. The highest BCUT2D eigenvalue weighted by Crippen LogP contribution is 2.28. The number of carbonyl (C=O) groups excluding carboxylic acids is 1. The van der Waals surface area contributed by atoms with Crippen LogP contribution in [0.4, 0.5) is 0 Å². The van der Waals surface area contributed by atoms with Gasteiger partial charge in [-0.05, 0) is 18.6 Å². The van der Waals surface area contributed by atoms with E-state index in [0.29, 0.717) is 0 Å². The fraction of sp³-hybridized carbons (Fsp3) is 0.400. The fourth-order valence-electron chi connectivity index (χ4n) is 2.08. The van der Waals surface area contributed by atoms with Crippen molar-refractivity contribution < 1.29 is 4.79 Å². The molecule has 0 aliphatic carbocycles. The SMILES string of the molecule is Cc1ccc2c(C(=O)C(C)(C)C)cn(C)c2c1. The number of ketones is 1. The third-order valence-corrected chi connectivity index (χ3v) is 3.07. The first-order chi connectivity index (χ1) is 7.80. The van der Waals surface area contributed by atoms with Crippen molar-refractivity contribution in [1.82, 2.24) is 4.57 Å². The van der Waals surface area contributed by atoms with Gasteiger partial charge in [-0.15, -0.1) is 0 Å². The first-order valence-corrected chi connectivity index (χ1v) is 5.91. The molecule has 2 nitrogen and oxygen atoms in total. The van der Waals surface area contributed by atoms with Crippen LogP contribution in [0, 0.1) is 12.3 Å². The van der Waals surface area contributed by atoms with Crippen molar-refractivity contribution >= 4 is 16.7 Å². The Bertz CT molecular complexity index is 585. The minimum absolute atomic E-state index is 0.201. The van der Waals surface area contributed by atoms with E-state index in [1.807, 2.05) is 44.6 Å². The number of aromatic nitrogens is 1. The summed E-state index contributed by atoms with van der Waals surface area (Å²) < 4.78 is 2.03. The zero-order valence-corrected chi connectivity index (χ0v) is 11.2. The van der Waals surface area contributed by atoms with Gasteiger partial charge in [-0.1, -0.05) is 32.9 Å². The van der Waals surface area contributed by atoms with Gasteiger partial charge in [0.05, 0.1) is 0 Å². The Kier molecular flexibility index (Phi) is 2.61. The number of aryl methyl sites for hydroxylation is 2. The molecule has 0 aliphatic heterocycles. The topological polar surface area (TPSA) is 22.0 Å². The molecule has 0 fully saturated rings. The fourth-order valence-corrected chi connectivity index (χ4v) is 2.08. The second-order valence-corrected chi connectivity index (χ2v) is 5.75. The Hall–Kier alpha value is -1.57. The zero-order valence-electron chi connectivity index (χ0n) is 11.2. The lowest BCUT2D eigenvalue weighted by Crippen LogP contribution is -2.19. The van der Waals surface area contributed by atoms with Gasteiger partial charge < -0.3 is 4.57 Å². The van der Waals surface area contributed by atoms with Crippen LogP contribution in [-0.2, 0) is 7.05 Å². The molecule has 1 aromatic heterocycles. The first kappa shape index (κ1) is 11.9. The van der Waals surface area contributed by atoms with E-state index in [2.05, 4.69) is 19.1 Å². The van der Waals surface area contributed by atoms with Crippen LogP contribution in [0.5, 0.6) is 0 Å². The van der Waals surface area contributed by atoms with Crippen molar-refractivity contribution in [1.29, 1.82) is 0 Å². The number of nitrogens with zero attached hydrogens (tertiary/aromatic N) is 1. The molecule has 0 saturated carbocycles. The predicted molar refractivity (Wildman–Crippen MR) is 71.4 cm³/mol. The third-order valence-electron chi connectivity index (χ3n) is 3.07. The quantitative estimate of drug-likeness (QED) is 0.683. The van der Waals surface area contributed by atoms with Crippen LogP contribution in [0.3, 0.4) is 0 Å². The van der Waals surface area contributed by atoms with Crippen LogP contribution in [0.15, 0.2) is 24.4 Å². The highest BCUT2D eigenvalue weighted by Gasteiger charge is 2.25. The van der Waals surface area contributed by atoms with Gasteiger partial charge in [0.1, 0.15) is 0 Å². The summed E-state index contributed by atoms with van der Waals surface area (Å²) in [6.07, 6.45) is 1.94. The molecule has 0 bridgehead atoms. The van der Waals surface area contributed by atoms with E-state index in [9.17, 15) is 4.79 Å². The van der Waals surface area contributed by atoms with Crippen molar-refractivity contribution in [3.05, 3.63) is 35.5 Å². The summed E-state index contributed by atoms with van der Waals surface area (Å²) >= 11 is 0. The molecule has 1 heterocycles. The van der Waals surface area contributed by atoms with Gasteiger partial charge in [-0.25, -0.2) is 0 Å². The molecule has 0 atom stereocenters. The van der Waals surface area contributed by atoms with Gasteiger partial charge >= 0.3 is 0 Å². The first-order valence-electron chi connectivity index (χ1n) is 5.91. The summed E-state index contributed by atoms with van der Waals surface area (Å²) in [5.41, 5.74) is 2.83. The number of hydrogen-bond donors (Lipinski definition) is 0. The summed E-state index contributed by atoms with van der Waals surface area (Å²) in [4.78, 5) is 12.4. The van der Waals surface area contributed by atoms with Crippen molar-refractivity contribution in [2.24, 2.45) is 12.5 Å². The molecule has 2 rings (SSSR count). The van der Waals surface area contributed by atoms with Crippen molar-refractivity contribution in [2.45, 2.75) is 27.7 Å². The summed E-state index contributed by atoms with van der Waals surface area (Å²) in [6.45, 7) is 7.95. The van der Waals surface area contributed by atoms with Crippen molar-refractivity contribution in [2.75, 3.05) is 0 Å². The average molecular weight is 229 g/mol. The van der Waals surface area contributed by atoms with Crippen LogP contribution in [0.1, 0.15) is 36.7 Å². The number of Topliss-reactive ketones (excluding diaryl/α,β-unsaturated/α-hetero) is 1. The molecule has 0 saturated heterocycles. The number of rotatable bonds is 1. The normalized spacial score (nSPS) is 12.1. The summed E-state index contributed by atoms with van der Waals surface area (Å²) in [5.74, 6) is 0.201. The van der Waals surface area contributed by atoms with E-state index in [4.69, 9.17) is 0 Å². The molecule has 0 spiro atoms. The molecule has 90 valence electrons. The van der Waals surface area contributed by atoms with Crippen molar-refractivity contribution in [3.8, 4) is 0 Å². The Labute approximate surface area is 102 Å². The van der Waals surface area contributed by atoms with Gasteiger partial charge in [0.15, 0.2) is 5.78 Å². The zero-order chi connectivity index (χ0) is 12.8. The van der Waals surface area contributed by atoms with E-state index < -0.39 is 0 Å². The summed E-state index contributed by atoms with van der Waals surface area (Å²) in [6, 6.07) is 6.22. The van der Waals surface area contributed by atoms with E-state index in [1.165, 1.54) is 5.56 Å². The van der Waals surface area contributed by atoms with Crippen LogP contribution >= 0.6 is 0 Å². The average Bonchev–Trinajstić information content (AvgIpc) is 2.53. The lowest BCUT2D eigenvalue weighted by molar-refractivity contribution is 0.0860. The molecule has 0 aliphatic rings. The molecule has 0 N–H and O–H groups in total. The van der Waals surface area contributed by atoms with Crippen LogP contribution in [0.2, 0.25) is 0 Å². The predicted octanol–water partition coefficient (Wildman–Crippen LogP) is 3.72. The number of benzene rings is 1. The standard InChI is InChI=1S/C15H19NO/c1-10-6-7-11-12(14(17)15(2,3)4)9-16(5)13(11)8-10/h6-9H,1-5H3. The van der Waals surface area contributed by atoms with Gasteiger partial charge in [-0.3, -0.25) is 4.79 Å². The maximum atomic E-state index is 12.4. The number of fused-ring (bicyclic) bond motifs is 1. The second-order valence-electron chi connectivity index (χ2n) is 5.75. The van der Waals surface area contributed by atoms with Crippen LogP contribution in [-0.4, -0.2) is 10.4 Å². The molecule has 0 radical (unpaired) electrons. The largest absolute Gasteiger partial charge is 0.350 e. The third kappa shape index (κ3) is 1.99. The Morgan fingerprint density at radius 2 is 1.88 bits per heavy atom. The lowest BCUT2D eigenvalue weighted by atomic mass is 9.86. The Morgan fingerprint density at radius 3 is 2.47 bits per heavy atom. The van der Waals surface area contributed by atoms with E-state index >= 15 is 0 Å². The van der Waals surface area contributed by atoms with Gasteiger partial charge in [0.2, 0.25) is 0 Å². The van der Waals surface area contributed by atoms with Gasteiger partial charge in [0.25, 0.3) is 0 Å². The summed E-state index contributed by atoms with van der Waals surface area (Å²) in [5, 5.41) is 1.05. The minimum Gasteiger partial charge on any atom is -0.350 e. The molecule has 2 heteroatoms. The molecular weight excluding hydrogens is 210 g/mol. The Morgan fingerprint density at radius 1 is 1.24 bits per heavy atom. The lowest BCUT2D eigenvalue weighted by Gasteiger charge is -2.15. The molecule has 1 aromatic carbocycles. The van der Waals surface area contributed by atoms with E-state index in [1.54, 1.807) is 0 Å². The maximum absolute atomic E-state index is 12.4. The van der Waals surface area contributed by atoms with Gasteiger partial charge in [0, 0.05) is 35.1 Å². The Balaban J connectivity index is 2.68. The highest BCUT2D eigenvalue weighted by molar-refractivity contribution is 6.10. The van der Waals surface area contributed by atoms with E-state index in [-0.39, 0.29) is 11.2 Å². The van der Waals surface area contributed by atoms with Crippen molar-refractivity contribution in [3.63, 3.8) is 0 Å². The number of carbonyl (C=O) groups is 1. The van der Waals surface area contributed by atoms with Crippen LogP contribution in [0.25, 0.3) is 10.9 Å². The summed E-state index contributed by atoms with van der Waals surface area (Å²) in [7, 11) is 1.99. The molecule has 2 aromatic rings. The molecule has 17 heavy (non-hydrogen) atoms.